The second-order valence-corrected chi connectivity index (χ2v) is 5.49. The Hall–Kier alpha value is -3.13. The maximum absolute atomic E-state index is 5.75. The van der Waals surface area contributed by atoms with E-state index in [0.29, 0.717) is 13.2 Å². The Morgan fingerprint density at radius 3 is 2.80 bits per heavy atom. The summed E-state index contributed by atoms with van der Waals surface area (Å²) < 4.78 is 11.4. The summed E-state index contributed by atoms with van der Waals surface area (Å²) in [6.45, 7) is 5.07. The highest BCUT2D eigenvalue weighted by atomic mass is 16.5. The Morgan fingerprint density at radius 1 is 1.24 bits per heavy atom. The van der Waals surface area contributed by atoms with Crippen LogP contribution in [0.15, 0.2) is 64.7 Å². The number of ether oxygens (including phenoxy) is 2. The lowest BCUT2D eigenvalue weighted by atomic mass is 9.99. The van der Waals surface area contributed by atoms with E-state index in [9.17, 15) is 0 Å². The molecular weight excluding hydrogens is 314 g/mol. The Morgan fingerprint density at radius 2 is 2.04 bits per heavy atom. The smallest absolute Gasteiger partial charge is 0.161 e. The van der Waals surface area contributed by atoms with Crippen molar-refractivity contribution in [2.45, 2.75) is 19.9 Å². The van der Waals surface area contributed by atoms with Gasteiger partial charge in [0.25, 0.3) is 0 Å². The minimum atomic E-state index is -0.0438. The Labute approximate surface area is 148 Å². The van der Waals surface area contributed by atoms with Gasteiger partial charge in [-0.15, -0.1) is 6.42 Å². The van der Waals surface area contributed by atoms with Gasteiger partial charge in [0.2, 0.25) is 0 Å². The first-order valence-electron chi connectivity index (χ1n) is 8.29. The lowest BCUT2D eigenvalue weighted by molar-refractivity contribution is 0.160. The minimum Gasteiger partial charge on any atom is -0.490 e. The zero-order valence-electron chi connectivity index (χ0n) is 14.4. The van der Waals surface area contributed by atoms with E-state index in [1.54, 1.807) is 6.34 Å². The summed E-state index contributed by atoms with van der Waals surface area (Å²) in [6, 6.07) is 7.65. The molecule has 0 saturated carbocycles. The summed E-state index contributed by atoms with van der Waals surface area (Å²) in [6.07, 6.45) is 13.1. The maximum atomic E-state index is 5.75. The van der Waals surface area contributed by atoms with Crippen molar-refractivity contribution in [3.05, 3.63) is 65.3 Å². The lowest BCUT2D eigenvalue weighted by Gasteiger charge is -2.34. The molecule has 0 amide bonds. The normalized spacial score (nSPS) is 18.4. The molecule has 1 aromatic rings. The molecular formula is C20H21N3O2. The van der Waals surface area contributed by atoms with Crippen LogP contribution in [0, 0.1) is 12.3 Å². The molecule has 1 aliphatic carbocycles. The largest absolute Gasteiger partial charge is 0.490 e. The number of nitrogens with zero attached hydrogens (tertiary/aromatic N) is 2. The van der Waals surface area contributed by atoms with Crippen LogP contribution < -0.4 is 5.43 Å². The van der Waals surface area contributed by atoms with Crippen molar-refractivity contribution in [3.63, 3.8) is 0 Å². The Kier molecular flexibility index (Phi) is 5.10. The number of benzene rings is 1. The van der Waals surface area contributed by atoms with Gasteiger partial charge in [-0.05, 0) is 44.2 Å². The summed E-state index contributed by atoms with van der Waals surface area (Å²) in [7, 11) is 0. The molecule has 128 valence electrons. The Balaban J connectivity index is 1.85. The van der Waals surface area contributed by atoms with Crippen molar-refractivity contribution in [3.8, 4) is 12.3 Å². The van der Waals surface area contributed by atoms with E-state index in [1.807, 2.05) is 61.5 Å². The van der Waals surface area contributed by atoms with E-state index < -0.39 is 0 Å². The first-order chi connectivity index (χ1) is 12.2. The van der Waals surface area contributed by atoms with Crippen molar-refractivity contribution < 1.29 is 9.47 Å². The third kappa shape index (κ3) is 3.69. The van der Waals surface area contributed by atoms with Gasteiger partial charge >= 0.3 is 0 Å². The van der Waals surface area contributed by atoms with E-state index >= 15 is 0 Å². The van der Waals surface area contributed by atoms with Gasteiger partial charge in [0.15, 0.2) is 11.5 Å². The van der Waals surface area contributed by atoms with Crippen molar-refractivity contribution in [2.24, 2.45) is 4.99 Å². The number of hydrazine groups is 1. The molecule has 2 aliphatic rings. The molecule has 0 bridgehead atoms. The number of fused-ring (bicyclic) bond motifs is 1. The van der Waals surface area contributed by atoms with E-state index in [2.05, 4.69) is 16.3 Å². The van der Waals surface area contributed by atoms with Crippen LogP contribution in [0.1, 0.15) is 19.4 Å². The van der Waals surface area contributed by atoms with Crippen LogP contribution in [0.2, 0.25) is 0 Å². The second-order valence-electron chi connectivity index (χ2n) is 5.49. The van der Waals surface area contributed by atoms with Gasteiger partial charge in [0.05, 0.1) is 18.9 Å². The molecule has 1 aromatic carbocycles. The van der Waals surface area contributed by atoms with Crippen LogP contribution in [0.3, 0.4) is 0 Å². The molecule has 5 heteroatoms. The lowest BCUT2D eigenvalue weighted by Crippen LogP contribution is -2.41. The quantitative estimate of drug-likeness (QED) is 0.809. The van der Waals surface area contributed by atoms with E-state index in [0.717, 1.165) is 28.3 Å². The first-order valence-corrected chi connectivity index (χ1v) is 8.29. The standard InChI is InChI=1S/C20H21N3O2/c1-4-15-8-7-9-17(10-15)22-23-14-21-13-16-11-19(24-5-2)20(25-6-3)12-18(16)23/h1,7-14,18,22H,5-6H2,2-3H3. The molecule has 0 saturated heterocycles. The summed E-state index contributed by atoms with van der Waals surface area (Å²) in [5, 5.41) is 1.92. The SMILES string of the molecule is C#Cc1cccc(NN2C=NC=C3C=C(OCC)C(OCC)=CC32)c1. The fourth-order valence-electron chi connectivity index (χ4n) is 2.72. The van der Waals surface area contributed by atoms with Gasteiger partial charge in [0, 0.05) is 17.3 Å². The number of terminal acetylenes is 1. The summed E-state index contributed by atoms with van der Waals surface area (Å²) >= 11 is 0. The van der Waals surface area contributed by atoms with Gasteiger partial charge < -0.3 is 9.47 Å². The van der Waals surface area contributed by atoms with Gasteiger partial charge in [-0.1, -0.05) is 12.0 Å². The minimum absolute atomic E-state index is 0.0438. The summed E-state index contributed by atoms with van der Waals surface area (Å²) in [4.78, 5) is 4.31. The zero-order valence-corrected chi connectivity index (χ0v) is 14.4. The molecule has 1 heterocycles. The molecule has 1 atom stereocenters. The third-order valence-corrected chi connectivity index (χ3v) is 3.79. The molecule has 1 aliphatic heterocycles. The molecule has 0 spiro atoms. The van der Waals surface area contributed by atoms with Gasteiger partial charge in [-0.2, -0.15) is 0 Å². The van der Waals surface area contributed by atoms with Crippen molar-refractivity contribution in [1.29, 1.82) is 0 Å². The highest BCUT2D eigenvalue weighted by molar-refractivity contribution is 5.66. The molecule has 0 aromatic heterocycles. The topological polar surface area (TPSA) is 46.1 Å². The van der Waals surface area contributed by atoms with Crippen LogP contribution >= 0.6 is 0 Å². The van der Waals surface area contributed by atoms with Crippen molar-refractivity contribution >= 4 is 12.0 Å². The molecule has 1 unspecified atom stereocenters. The van der Waals surface area contributed by atoms with Crippen molar-refractivity contribution in [2.75, 3.05) is 18.6 Å². The monoisotopic (exact) mass is 335 g/mol. The summed E-state index contributed by atoms with van der Waals surface area (Å²) in [5.74, 6) is 4.12. The zero-order chi connectivity index (χ0) is 17.6. The predicted octanol–water partition coefficient (Wildman–Crippen LogP) is 3.45. The van der Waals surface area contributed by atoms with Crippen LogP contribution in [-0.2, 0) is 9.47 Å². The maximum Gasteiger partial charge on any atom is 0.161 e. The van der Waals surface area contributed by atoms with Crippen LogP contribution in [0.5, 0.6) is 0 Å². The van der Waals surface area contributed by atoms with Gasteiger partial charge in [-0.3, -0.25) is 10.4 Å². The number of aliphatic imine (C=N–C) groups is 1. The Bertz CT molecular complexity index is 799. The second kappa shape index (κ2) is 7.63. The van der Waals surface area contributed by atoms with Gasteiger partial charge in [0.1, 0.15) is 12.4 Å². The number of nitrogens with one attached hydrogen (secondary N) is 1. The molecule has 25 heavy (non-hydrogen) atoms. The number of hydrogen-bond donors (Lipinski definition) is 1. The molecule has 0 radical (unpaired) electrons. The van der Waals surface area contributed by atoms with Crippen LogP contribution in [0.25, 0.3) is 0 Å². The van der Waals surface area contributed by atoms with Crippen LogP contribution in [-0.4, -0.2) is 30.6 Å². The predicted molar refractivity (Wildman–Crippen MR) is 99.6 cm³/mol. The van der Waals surface area contributed by atoms with Gasteiger partial charge in [-0.25, -0.2) is 4.99 Å². The highest BCUT2D eigenvalue weighted by Gasteiger charge is 2.28. The van der Waals surface area contributed by atoms with E-state index in [4.69, 9.17) is 15.9 Å². The van der Waals surface area contributed by atoms with E-state index in [1.165, 1.54) is 0 Å². The average Bonchev–Trinajstić information content (AvgIpc) is 2.63. The third-order valence-electron chi connectivity index (χ3n) is 3.79. The summed E-state index contributed by atoms with van der Waals surface area (Å²) in [5.41, 5.74) is 6.08. The molecule has 3 rings (SSSR count). The highest BCUT2D eigenvalue weighted by Crippen LogP contribution is 2.29. The van der Waals surface area contributed by atoms with Crippen LogP contribution in [0.4, 0.5) is 5.69 Å². The fourth-order valence-corrected chi connectivity index (χ4v) is 2.72. The number of rotatable bonds is 6. The molecule has 5 nitrogen and oxygen atoms in total. The number of hydrogen-bond acceptors (Lipinski definition) is 5. The fraction of sp³-hybridized carbons (Fsp3) is 0.250. The molecule has 1 N–H and O–H groups in total. The number of anilines is 1. The van der Waals surface area contributed by atoms with E-state index in [-0.39, 0.29) is 6.04 Å². The molecule has 0 fully saturated rings. The van der Waals surface area contributed by atoms with Crippen molar-refractivity contribution in [1.82, 2.24) is 5.01 Å². The first kappa shape index (κ1) is 16.7. The average molecular weight is 335 g/mol.